The predicted molar refractivity (Wildman–Crippen MR) is 65.9 cm³/mol. The molecule has 4 nitrogen and oxygen atoms in total. The van der Waals surface area contributed by atoms with E-state index in [-0.39, 0.29) is 6.54 Å². The topological polar surface area (TPSA) is 47.9 Å². The van der Waals surface area contributed by atoms with Crippen LogP contribution in [0.5, 0.6) is 11.5 Å². The Morgan fingerprint density at radius 1 is 1.18 bits per heavy atom. The maximum Gasteiger partial charge on any atom is 0.235 e. The fraction of sp³-hybridized carbons (Fsp3) is 0.417. The van der Waals surface area contributed by atoms with Crippen molar-refractivity contribution in [3.05, 3.63) is 21.7 Å². The molecule has 0 heterocycles. The van der Waals surface area contributed by atoms with Gasteiger partial charge in [-0.1, -0.05) is 11.6 Å². The molecule has 0 aliphatic rings. The Morgan fingerprint density at radius 2 is 1.76 bits per heavy atom. The van der Waals surface area contributed by atoms with Crippen LogP contribution in [0.3, 0.4) is 0 Å². The molecule has 0 N–H and O–H groups in total. The number of hydrogen-bond donors (Lipinski definition) is 0. The normalized spacial score (nSPS) is 9.71. The molecule has 0 unspecified atom stereocenters. The van der Waals surface area contributed by atoms with Crippen molar-refractivity contribution in [2.45, 2.75) is 20.4 Å². The van der Waals surface area contributed by atoms with Crippen molar-refractivity contribution in [3.8, 4) is 11.5 Å². The van der Waals surface area contributed by atoms with Crippen LogP contribution >= 0.6 is 11.6 Å². The maximum atomic E-state index is 10.2. The van der Waals surface area contributed by atoms with Crippen LogP contribution in [0.4, 0.5) is 0 Å². The summed E-state index contributed by atoms with van der Waals surface area (Å²) in [6.45, 7) is 3.88. The molecule has 0 atom stereocenters. The largest absolute Gasteiger partial charge is 0.496 e. The summed E-state index contributed by atoms with van der Waals surface area (Å²) in [7, 11) is 3.10. The maximum absolute atomic E-state index is 10.2. The molecule has 0 bridgehead atoms. The first-order chi connectivity index (χ1) is 8.08. The summed E-state index contributed by atoms with van der Waals surface area (Å²) in [6, 6.07) is 0. The summed E-state index contributed by atoms with van der Waals surface area (Å²) in [5.74, 6) is 1.22. The second-order valence-corrected chi connectivity index (χ2v) is 3.89. The Bertz CT molecular complexity index is 479. The number of methoxy groups -OCH3 is 2. The van der Waals surface area contributed by atoms with Gasteiger partial charge in [0.15, 0.2) is 0 Å². The van der Waals surface area contributed by atoms with Crippen LogP contribution in [0.1, 0.15) is 16.7 Å². The number of hydrogen-bond acceptors (Lipinski definition) is 4. The van der Waals surface area contributed by atoms with Gasteiger partial charge >= 0.3 is 0 Å². The van der Waals surface area contributed by atoms with E-state index in [1.165, 1.54) is 6.08 Å². The Morgan fingerprint density at radius 3 is 2.24 bits per heavy atom. The number of carbonyl (C=O) groups excluding carboxylic acids is 1. The third-order valence-electron chi connectivity index (χ3n) is 2.65. The van der Waals surface area contributed by atoms with E-state index in [4.69, 9.17) is 21.1 Å². The summed E-state index contributed by atoms with van der Waals surface area (Å²) < 4.78 is 10.6. The number of rotatable bonds is 4. The second kappa shape index (κ2) is 5.71. The molecule has 1 rings (SSSR count). The zero-order valence-electron chi connectivity index (χ0n) is 10.3. The zero-order chi connectivity index (χ0) is 13.0. The number of aliphatic imine (C=N–C) groups is 1. The van der Waals surface area contributed by atoms with Crippen LogP contribution < -0.4 is 9.47 Å². The van der Waals surface area contributed by atoms with Gasteiger partial charge in [-0.25, -0.2) is 9.79 Å². The van der Waals surface area contributed by atoms with Crippen LogP contribution in [0, 0.1) is 13.8 Å². The Balaban J connectivity index is 3.54. The highest BCUT2D eigenvalue weighted by Gasteiger charge is 2.19. The van der Waals surface area contributed by atoms with Crippen molar-refractivity contribution >= 4 is 17.7 Å². The van der Waals surface area contributed by atoms with Gasteiger partial charge in [0.05, 0.1) is 25.8 Å². The minimum Gasteiger partial charge on any atom is -0.496 e. The van der Waals surface area contributed by atoms with Gasteiger partial charge in [-0.2, -0.15) is 0 Å². The molecular formula is C12H14ClNO3. The van der Waals surface area contributed by atoms with Gasteiger partial charge in [-0.3, -0.25) is 0 Å². The van der Waals surface area contributed by atoms with Gasteiger partial charge in [0, 0.05) is 16.7 Å². The molecule has 92 valence electrons. The highest BCUT2D eigenvalue weighted by Crippen LogP contribution is 2.41. The first kappa shape index (κ1) is 13.6. The number of benzene rings is 1. The zero-order valence-corrected chi connectivity index (χ0v) is 11.0. The number of nitrogens with zero attached hydrogens (tertiary/aromatic N) is 1. The minimum atomic E-state index is 0.201. The number of isocyanates is 1. The van der Waals surface area contributed by atoms with E-state index in [2.05, 4.69) is 4.99 Å². The van der Waals surface area contributed by atoms with E-state index >= 15 is 0 Å². The number of halogens is 1. The Hall–Kier alpha value is -1.51. The van der Waals surface area contributed by atoms with Gasteiger partial charge in [-0.15, -0.1) is 0 Å². The highest BCUT2D eigenvalue weighted by atomic mass is 35.5. The molecule has 0 aromatic heterocycles. The molecule has 0 aliphatic heterocycles. The third kappa shape index (κ3) is 2.43. The fourth-order valence-corrected chi connectivity index (χ4v) is 2.09. The van der Waals surface area contributed by atoms with Crippen LogP contribution in [0.2, 0.25) is 5.02 Å². The molecule has 0 saturated heterocycles. The van der Waals surface area contributed by atoms with Crippen molar-refractivity contribution in [2.24, 2.45) is 4.99 Å². The molecule has 0 radical (unpaired) electrons. The summed E-state index contributed by atoms with van der Waals surface area (Å²) >= 11 is 6.18. The standard InChI is InChI=1S/C12H14ClNO3/c1-7-9(5-14-6-15)11(16-3)8(2)10(13)12(7)17-4/h5H2,1-4H3. The van der Waals surface area contributed by atoms with Crippen molar-refractivity contribution in [2.75, 3.05) is 14.2 Å². The summed E-state index contributed by atoms with van der Waals surface area (Å²) in [6.07, 6.45) is 1.51. The lowest BCUT2D eigenvalue weighted by atomic mass is 10.0. The minimum absolute atomic E-state index is 0.201. The average Bonchev–Trinajstić information content (AvgIpc) is 2.33. The third-order valence-corrected chi connectivity index (χ3v) is 3.10. The molecule has 1 aromatic rings. The van der Waals surface area contributed by atoms with Crippen molar-refractivity contribution in [3.63, 3.8) is 0 Å². The van der Waals surface area contributed by atoms with Gasteiger partial charge in [0.25, 0.3) is 0 Å². The molecule has 0 amide bonds. The van der Waals surface area contributed by atoms with Gasteiger partial charge in [0.2, 0.25) is 6.08 Å². The average molecular weight is 256 g/mol. The highest BCUT2D eigenvalue weighted by molar-refractivity contribution is 6.33. The lowest BCUT2D eigenvalue weighted by Crippen LogP contribution is -2.01. The summed E-state index contributed by atoms with van der Waals surface area (Å²) in [5, 5.41) is 0.515. The summed E-state index contributed by atoms with van der Waals surface area (Å²) in [4.78, 5) is 13.8. The van der Waals surface area contributed by atoms with E-state index in [0.717, 1.165) is 16.7 Å². The Kier molecular flexibility index (Phi) is 4.55. The monoisotopic (exact) mass is 255 g/mol. The quantitative estimate of drug-likeness (QED) is 0.614. The molecule has 0 fully saturated rings. The molecule has 1 aromatic carbocycles. The van der Waals surface area contributed by atoms with Gasteiger partial charge in [-0.05, 0) is 13.8 Å². The SMILES string of the molecule is COc1c(C)c(CN=C=O)c(OC)c(C)c1Cl. The lowest BCUT2D eigenvalue weighted by Gasteiger charge is -2.18. The van der Waals surface area contributed by atoms with Crippen LogP contribution in [-0.4, -0.2) is 20.3 Å². The van der Waals surface area contributed by atoms with E-state index in [1.807, 2.05) is 13.8 Å². The summed E-state index contributed by atoms with van der Waals surface area (Å²) in [5.41, 5.74) is 2.38. The molecule has 0 saturated carbocycles. The smallest absolute Gasteiger partial charge is 0.235 e. The van der Waals surface area contributed by atoms with Crippen LogP contribution in [0.15, 0.2) is 4.99 Å². The first-order valence-electron chi connectivity index (χ1n) is 5.01. The first-order valence-corrected chi connectivity index (χ1v) is 5.39. The fourth-order valence-electron chi connectivity index (χ4n) is 1.79. The van der Waals surface area contributed by atoms with E-state index in [1.54, 1.807) is 14.2 Å². The van der Waals surface area contributed by atoms with Crippen LogP contribution in [0.25, 0.3) is 0 Å². The molecular weight excluding hydrogens is 242 g/mol. The number of ether oxygens (including phenoxy) is 2. The lowest BCUT2D eigenvalue weighted by molar-refractivity contribution is 0.393. The molecule has 17 heavy (non-hydrogen) atoms. The van der Waals surface area contributed by atoms with Gasteiger partial charge in [0.1, 0.15) is 11.5 Å². The molecule has 0 aliphatic carbocycles. The van der Waals surface area contributed by atoms with E-state index in [0.29, 0.717) is 16.5 Å². The Labute approximate surface area is 105 Å². The van der Waals surface area contributed by atoms with Gasteiger partial charge < -0.3 is 9.47 Å². The van der Waals surface area contributed by atoms with Crippen molar-refractivity contribution in [1.82, 2.24) is 0 Å². The van der Waals surface area contributed by atoms with Crippen molar-refractivity contribution in [1.29, 1.82) is 0 Å². The van der Waals surface area contributed by atoms with Crippen molar-refractivity contribution < 1.29 is 14.3 Å². The van der Waals surface area contributed by atoms with E-state index in [9.17, 15) is 4.79 Å². The molecule has 5 heteroatoms. The predicted octanol–water partition coefficient (Wildman–Crippen LogP) is 2.81. The van der Waals surface area contributed by atoms with Crippen LogP contribution in [-0.2, 0) is 11.3 Å². The van der Waals surface area contributed by atoms with E-state index < -0.39 is 0 Å². The molecule has 0 spiro atoms. The second-order valence-electron chi connectivity index (χ2n) is 3.52.